The van der Waals surface area contributed by atoms with Gasteiger partial charge in [0.15, 0.2) is 5.82 Å². The van der Waals surface area contributed by atoms with Crippen LogP contribution in [0.3, 0.4) is 0 Å². The van der Waals surface area contributed by atoms with Crippen LogP contribution >= 0.6 is 0 Å². The Morgan fingerprint density at radius 1 is 1.09 bits per heavy atom. The van der Waals surface area contributed by atoms with Crippen molar-refractivity contribution in [3.05, 3.63) is 42.0 Å². The van der Waals surface area contributed by atoms with Crippen LogP contribution in [0.25, 0.3) is 0 Å². The highest BCUT2D eigenvalue weighted by molar-refractivity contribution is 7.92. The first-order chi connectivity index (χ1) is 11.0. The number of nitrogens with one attached hydrogen (secondary N) is 2. The van der Waals surface area contributed by atoms with Gasteiger partial charge in [0.1, 0.15) is 5.82 Å². The first-order valence-corrected chi connectivity index (χ1v) is 8.66. The van der Waals surface area contributed by atoms with E-state index in [0.29, 0.717) is 24.5 Å². The molecule has 0 bridgehead atoms. The van der Waals surface area contributed by atoms with E-state index in [-0.39, 0.29) is 10.7 Å². The lowest BCUT2D eigenvalue weighted by atomic mass is 10.2. The number of hydrogen-bond acceptors (Lipinski definition) is 6. The Kier molecular flexibility index (Phi) is 5.89. The molecule has 0 spiro atoms. The van der Waals surface area contributed by atoms with Crippen molar-refractivity contribution in [3.8, 4) is 0 Å². The molecule has 1 aromatic carbocycles. The number of sulfonamides is 1. The van der Waals surface area contributed by atoms with Crippen LogP contribution in [0.5, 0.6) is 0 Å². The second-order valence-electron chi connectivity index (χ2n) is 4.95. The van der Waals surface area contributed by atoms with Gasteiger partial charge in [-0.1, -0.05) is 18.2 Å². The zero-order chi connectivity index (χ0) is 16.7. The van der Waals surface area contributed by atoms with E-state index in [4.69, 9.17) is 4.74 Å². The van der Waals surface area contributed by atoms with Crippen molar-refractivity contribution in [1.29, 1.82) is 0 Å². The minimum atomic E-state index is -3.67. The predicted octanol–water partition coefficient (Wildman–Crippen LogP) is 2.03. The molecule has 0 unspecified atom stereocenters. The molecular formula is C15H20N4O3S. The fourth-order valence-corrected chi connectivity index (χ4v) is 3.21. The Morgan fingerprint density at radius 2 is 1.78 bits per heavy atom. The van der Waals surface area contributed by atoms with Gasteiger partial charge >= 0.3 is 0 Å². The minimum Gasteiger partial charge on any atom is -0.385 e. The summed E-state index contributed by atoms with van der Waals surface area (Å²) < 4.78 is 32.1. The van der Waals surface area contributed by atoms with Crippen molar-refractivity contribution in [2.24, 2.45) is 0 Å². The summed E-state index contributed by atoms with van der Waals surface area (Å²) in [6.45, 7) is 3.11. The third-order valence-corrected chi connectivity index (χ3v) is 4.63. The van der Waals surface area contributed by atoms with Crippen LogP contribution in [0.15, 0.2) is 41.3 Å². The standard InChI is InChI=1S/C15H20N4O3S/c1-12-6-3-4-7-13(12)23(20,21)19-15-9-8-14(17-18-15)16-10-5-11-22-2/h3-4,6-9H,5,10-11H2,1-2H3,(H,16,17)(H,18,19). The molecule has 8 heteroatoms. The van der Waals surface area contributed by atoms with Crippen molar-refractivity contribution in [3.63, 3.8) is 0 Å². The van der Waals surface area contributed by atoms with Crippen molar-refractivity contribution < 1.29 is 13.2 Å². The van der Waals surface area contributed by atoms with E-state index in [9.17, 15) is 8.42 Å². The highest BCUT2D eigenvalue weighted by Gasteiger charge is 2.17. The molecule has 1 heterocycles. The molecule has 0 amide bonds. The average Bonchev–Trinajstić information content (AvgIpc) is 2.53. The molecule has 23 heavy (non-hydrogen) atoms. The number of aryl methyl sites for hydroxylation is 1. The van der Waals surface area contributed by atoms with E-state index in [2.05, 4.69) is 20.2 Å². The summed E-state index contributed by atoms with van der Waals surface area (Å²) in [5.41, 5.74) is 0.671. The van der Waals surface area contributed by atoms with Crippen LogP contribution in [-0.4, -0.2) is 38.9 Å². The van der Waals surface area contributed by atoms with Gasteiger partial charge < -0.3 is 10.1 Å². The Morgan fingerprint density at radius 3 is 2.43 bits per heavy atom. The molecule has 0 fully saturated rings. The highest BCUT2D eigenvalue weighted by atomic mass is 32.2. The quantitative estimate of drug-likeness (QED) is 0.717. The lowest BCUT2D eigenvalue weighted by Crippen LogP contribution is -2.15. The van der Waals surface area contributed by atoms with Crippen molar-refractivity contribution in [1.82, 2.24) is 10.2 Å². The fraction of sp³-hybridized carbons (Fsp3) is 0.333. The maximum atomic E-state index is 12.3. The summed E-state index contributed by atoms with van der Waals surface area (Å²) in [6, 6.07) is 10.0. The molecule has 124 valence electrons. The minimum absolute atomic E-state index is 0.177. The molecule has 0 aliphatic carbocycles. The third kappa shape index (κ3) is 4.90. The SMILES string of the molecule is COCCCNc1ccc(NS(=O)(=O)c2ccccc2C)nn1. The molecule has 7 nitrogen and oxygen atoms in total. The molecule has 0 saturated heterocycles. The summed E-state index contributed by atoms with van der Waals surface area (Å²) in [5.74, 6) is 0.760. The van der Waals surface area contributed by atoms with Gasteiger partial charge in [0.25, 0.3) is 10.0 Å². The number of benzene rings is 1. The second kappa shape index (κ2) is 7.89. The third-order valence-electron chi connectivity index (χ3n) is 3.12. The molecule has 1 aromatic heterocycles. The maximum absolute atomic E-state index is 12.3. The Bertz CT molecular complexity index is 733. The first kappa shape index (κ1) is 17.2. The molecule has 2 rings (SSSR count). The number of ether oxygens (including phenoxy) is 1. The number of aromatic nitrogens is 2. The number of hydrogen-bond donors (Lipinski definition) is 2. The Labute approximate surface area is 136 Å². The van der Waals surface area contributed by atoms with E-state index in [0.717, 1.165) is 6.42 Å². The number of methoxy groups -OCH3 is 1. The van der Waals surface area contributed by atoms with Crippen molar-refractivity contribution in [2.45, 2.75) is 18.2 Å². The van der Waals surface area contributed by atoms with Gasteiger partial charge in [0, 0.05) is 20.3 Å². The van der Waals surface area contributed by atoms with Crippen LogP contribution in [-0.2, 0) is 14.8 Å². The summed E-state index contributed by atoms with van der Waals surface area (Å²) in [7, 11) is -2.02. The Hall–Kier alpha value is -2.19. The van der Waals surface area contributed by atoms with Crippen LogP contribution in [0.1, 0.15) is 12.0 Å². The first-order valence-electron chi connectivity index (χ1n) is 7.18. The molecular weight excluding hydrogens is 316 g/mol. The van der Waals surface area contributed by atoms with E-state index in [1.807, 2.05) is 0 Å². The number of anilines is 2. The summed E-state index contributed by atoms with van der Waals surface area (Å²) >= 11 is 0. The van der Waals surface area contributed by atoms with Gasteiger partial charge in [0.2, 0.25) is 0 Å². The van der Waals surface area contributed by atoms with Gasteiger partial charge in [-0.05, 0) is 37.1 Å². The van der Waals surface area contributed by atoms with E-state index in [1.54, 1.807) is 50.4 Å². The van der Waals surface area contributed by atoms with Crippen LogP contribution in [0.4, 0.5) is 11.6 Å². The Balaban J connectivity index is 2.02. The number of nitrogens with zero attached hydrogens (tertiary/aromatic N) is 2. The topological polar surface area (TPSA) is 93.2 Å². The zero-order valence-electron chi connectivity index (χ0n) is 13.1. The van der Waals surface area contributed by atoms with Gasteiger partial charge in [0.05, 0.1) is 4.90 Å². The van der Waals surface area contributed by atoms with Gasteiger partial charge in [-0.3, -0.25) is 4.72 Å². The molecule has 0 atom stereocenters. The molecule has 0 aliphatic rings. The van der Waals surface area contributed by atoms with Gasteiger partial charge in [-0.2, -0.15) is 0 Å². The van der Waals surface area contributed by atoms with E-state index >= 15 is 0 Å². The van der Waals surface area contributed by atoms with Crippen LogP contribution in [0.2, 0.25) is 0 Å². The molecule has 0 aliphatic heterocycles. The normalized spacial score (nSPS) is 11.2. The monoisotopic (exact) mass is 336 g/mol. The lowest BCUT2D eigenvalue weighted by Gasteiger charge is -2.09. The maximum Gasteiger partial charge on any atom is 0.263 e. The van der Waals surface area contributed by atoms with E-state index < -0.39 is 10.0 Å². The van der Waals surface area contributed by atoms with E-state index in [1.165, 1.54) is 0 Å². The summed E-state index contributed by atoms with van der Waals surface area (Å²) in [5, 5.41) is 10.9. The number of rotatable bonds is 8. The van der Waals surface area contributed by atoms with Crippen molar-refractivity contribution >= 4 is 21.7 Å². The summed E-state index contributed by atoms with van der Waals surface area (Å²) in [4.78, 5) is 0.226. The van der Waals surface area contributed by atoms with Gasteiger partial charge in [-0.15, -0.1) is 10.2 Å². The average molecular weight is 336 g/mol. The summed E-state index contributed by atoms with van der Waals surface area (Å²) in [6.07, 6.45) is 0.847. The molecule has 2 aromatic rings. The molecule has 0 saturated carbocycles. The van der Waals surface area contributed by atoms with Crippen LogP contribution in [0, 0.1) is 6.92 Å². The predicted molar refractivity (Wildman–Crippen MR) is 89.0 cm³/mol. The smallest absolute Gasteiger partial charge is 0.263 e. The molecule has 0 radical (unpaired) electrons. The van der Waals surface area contributed by atoms with Gasteiger partial charge in [-0.25, -0.2) is 8.42 Å². The largest absolute Gasteiger partial charge is 0.385 e. The fourth-order valence-electron chi connectivity index (χ4n) is 1.96. The lowest BCUT2D eigenvalue weighted by molar-refractivity contribution is 0.197. The second-order valence-corrected chi connectivity index (χ2v) is 6.60. The highest BCUT2D eigenvalue weighted by Crippen LogP contribution is 2.17. The van der Waals surface area contributed by atoms with Crippen LogP contribution < -0.4 is 10.0 Å². The van der Waals surface area contributed by atoms with Crippen molar-refractivity contribution in [2.75, 3.05) is 30.3 Å². The molecule has 2 N–H and O–H groups in total. The zero-order valence-corrected chi connectivity index (χ0v) is 13.9.